The lowest BCUT2D eigenvalue weighted by Gasteiger charge is -1.97. The van der Waals surface area contributed by atoms with Crippen molar-refractivity contribution in [1.29, 1.82) is 0 Å². The molecule has 0 aliphatic carbocycles. The van der Waals surface area contributed by atoms with Gasteiger partial charge >= 0.3 is 0 Å². The van der Waals surface area contributed by atoms with Gasteiger partial charge < -0.3 is 13.3 Å². The molecule has 0 saturated heterocycles. The number of furan rings is 3. The Morgan fingerprint density at radius 1 is 0.882 bits per heavy atom. The molecule has 0 amide bonds. The first-order chi connectivity index (χ1) is 8.27. The second-order valence-corrected chi connectivity index (χ2v) is 5.01. The number of hydrogen-bond donors (Lipinski definition) is 0. The van der Waals surface area contributed by atoms with Crippen LogP contribution < -0.4 is 0 Å². The van der Waals surface area contributed by atoms with Crippen LogP contribution in [0.2, 0.25) is 0 Å². The predicted molar refractivity (Wildman–Crippen MR) is 69.5 cm³/mol. The predicted octanol–water partition coefficient (Wildman–Crippen LogP) is 5.32. The van der Waals surface area contributed by atoms with E-state index in [4.69, 9.17) is 13.3 Å². The van der Waals surface area contributed by atoms with Crippen molar-refractivity contribution in [2.24, 2.45) is 0 Å². The summed E-state index contributed by atoms with van der Waals surface area (Å²) in [4.78, 5) is 0. The van der Waals surface area contributed by atoms with Gasteiger partial charge in [-0.3, -0.25) is 0 Å². The van der Waals surface area contributed by atoms with Crippen LogP contribution in [-0.2, 0) is 0 Å². The zero-order valence-electron chi connectivity index (χ0n) is 8.44. The van der Waals surface area contributed by atoms with Crippen molar-refractivity contribution < 1.29 is 13.3 Å². The van der Waals surface area contributed by atoms with Crippen molar-refractivity contribution in [3.8, 4) is 22.8 Å². The summed E-state index contributed by atoms with van der Waals surface area (Å²) in [6.07, 6.45) is 4.84. The van der Waals surface area contributed by atoms with Gasteiger partial charge in [-0.15, -0.1) is 0 Å². The minimum atomic E-state index is 0.633. The second-order valence-electron chi connectivity index (χ2n) is 3.37. The lowest BCUT2D eigenvalue weighted by atomic mass is 10.2. The van der Waals surface area contributed by atoms with E-state index in [2.05, 4.69) is 31.9 Å². The summed E-state index contributed by atoms with van der Waals surface area (Å²) in [6.45, 7) is 0. The highest BCUT2D eigenvalue weighted by atomic mass is 79.9. The first-order valence-corrected chi connectivity index (χ1v) is 6.40. The average Bonchev–Trinajstić information content (AvgIpc) is 3.01. The molecule has 0 fully saturated rings. The van der Waals surface area contributed by atoms with Crippen LogP contribution in [0.25, 0.3) is 22.8 Å². The van der Waals surface area contributed by atoms with E-state index in [9.17, 15) is 0 Å². The fourth-order valence-electron chi connectivity index (χ4n) is 1.59. The maximum atomic E-state index is 5.46. The van der Waals surface area contributed by atoms with Gasteiger partial charge in [0.2, 0.25) is 0 Å². The van der Waals surface area contributed by atoms with Crippen LogP contribution in [0.4, 0.5) is 0 Å². The van der Waals surface area contributed by atoms with Crippen LogP contribution >= 0.6 is 31.9 Å². The monoisotopic (exact) mass is 356 g/mol. The highest BCUT2D eigenvalue weighted by molar-refractivity contribution is 9.13. The first kappa shape index (κ1) is 10.9. The van der Waals surface area contributed by atoms with E-state index in [0.717, 1.165) is 20.3 Å². The van der Waals surface area contributed by atoms with Crippen molar-refractivity contribution in [2.45, 2.75) is 0 Å². The van der Waals surface area contributed by atoms with Crippen molar-refractivity contribution in [3.05, 3.63) is 45.9 Å². The molecule has 3 heterocycles. The lowest BCUT2D eigenvalue weighted by Crippen LogP contribution is -1.76. The highest BCUT2D eigenvalue weighted by Gasteiger charge is 2.20. The molecule has 0 atom stereocenters. The van der Waals surface area contributed by atoms with Crippen LogP contribution in [0.15, 0.2) is 59.2 Å². The Morgan fingerprint density at radius 3 is 2.41 bits per heavy atom. The standard InChI is InChI=1S/C12H6Br2O3/c13-8-6-17-12(10(8)14)11-7(3-5-16-11)9-2-1-4-15-9/h1-6H. The average molecular weight is 358 g/mol. The molecule has 86 valence electrons. The maximum Gasteiger partial charge on any atom is 0.185 e. The van der Waals surface area contributed by atoms with Crippen molar-refractivity contribution in [2.75, 3.05) is 0 Å². The van der Waals surface area contributed by atoms with Gasteiger partial charge in [0.15, 0.2) is 11.5 Å². The quantitative estimate of drug-likeness (QED) is 0.622. The van der Waals surface area contributed by atoms with Gasteiger partial charge in [-0.25, -0.2) is 0 Å². The molecule has 0 N–H and O–H groups in total. The molecule has 0 aromatic carbocycles. The van der Waals surface area contributed by atoms with E-state index in [1.165, 1.54) is 0 Å². The van der Waals surface area contributed by atoms with E-state index >= 15 is 0 Å². The summed E-state index contributed by atoms with van der Waals surface area (Å²) in [5.41, 5.74) is 0.859. The summed E-state index contributed by atoms with van der Waals surface area (Å²) < 4.78 is 17.9. The Bertz CT molecular complexity index is 635. The van der Waals surface area contributed by atoms with Crippen LogP contribution in [0.1, 0.15) is 0 Å². The van der Waals surface area contributed by atoms with Crippen LogP contribution in [0, 0.1) is 0 Å². The van der Waals surface area contributed by atoms with Gasteiger partial charge in [0, 0.05) is 0 Å². The molecular formula is C12H6Br2O3. The number of hydrogen-bond acceptors (Lipinski definition) is 3. The minimum Gasteiger partial charge on any atom is -0.464 e. The minimum absolute atomic E-state index is 0.633. The van der Waals surface area contributed by atoms with Gasteiger partial charge in [-0.1, -0.05) is 0 Å². The summed E-state index contributed by atoms with van der Waals surface area (Å²) >= 11 is 6.81. The van der Waals surface area contributed by atoms with Gasteiger partial charge in [0.25, 0.3) is 0 Å². The fourth-order valence-corrected chi connectivity index (χ4v) is 2.23. The molecule has 0 unspecified atom stereocenters. The molecule has 3 rings (SSSR count). The van der Waals surface area contributed by atoms with Crippen molar-refractivity contribution in [3.63, 3.8) is 0 Å². The normalized spacial score (nSPS) is 10.9. The third kappa shape index (κ3) is 1.79. The molecule has 3 aromatic heterocycles. The summed E-state index contributed by atoms with van der Waals surface area (Å²) in [5, 5.41) is 0. The fraction of sp³-hybridized carbons (Fsp3) is 0. The third-order valence-corrected chi connectivity index (χ3v) is 4.25. The van der Waals surface area contributed by atoms with E-state index in [0.29, 0.717) is 11.5 Å². The number of halogens is 2. The molecule has 0 bridgehead atoms. The van der Waals surface area contributed by atoms with Gasteiger partial charge in [-0.2, -0.15) is 0 Å². The zero-order chi connectivity index (χ0) is 11.8. The molecule has 0 aliphatic rings. The Labute approximate surface area is 114 Å². The Kier molecular flexibility index (Phi) is 2.72. The van der Waals surface area contributed by atoms with Crippen molar-refractivity contribution in [1.82, 2.24) is 0 Å². The topological polar surface area (TPSA) is 39.4 Å². The van der Waals surface area contributed by atoms with Gasteiger partial charge in [0.1, 0.15) is 12.0 Å². The SMILES string of the molecule is Brc1coc(-c2occc2-c2ccco2)c1Br. The second kappa shape index (κ2) is 4.23. The van der Waals surface area contributed by atoms with Crippen LogP contribution in [0.5, 0.6) is 0 Å². The van der Waals surface area contributed by atoms with E-state index in [1.807, 2.05) is 18.2 Å². The maximum absolute atomic E-state index is 5.46. The molecule has 5 heteroatoms. The Hall–Kier alpha value is -1.20. The largest absolute Gasteiger partial charge is 0.464 e. The first-order valence-electron chi connectivity index (χ1n) is 4.81. The molecule has 0 aliphatic heterocycles. The molecular weight excluding hydrogens is 352 g/mol. The zero-order valence-corrected chi connectivity index (χ0v) is 11.6. The molecule has 0 radical (unpaired) electrons. The molecule has 3 aromatic rings. The van der Waals surface area contributed by atoms with E-state index in [1.54, 1.807) is 18.8 Å². The third-order valence-electron chi connectivity index (χ3n) is 2.35. The summed E-state index contributed by atoms with van der Waals surface area (Å²) in [6, 6.07) is 5.55. The lowest BCUT2D eigenvalue weighted by molar-refractivity contribution is 0.521. The van der Waals surface area contributed by atoms with E-state index < -0.39 is 0 Å². The van der Waals surface area contributed by atoms with Crippen LogP contribution in [0.3, 0.4) is 0 Å². The Balaban J connectivity index is 2.17. The van der Waals surface area contributed by atoms with Crippen LogP contribution in [-0.4, -0.2) is 0 Å². The molecule has 0 saturated carbocycles. The molecule has 0 spiro atoms. The molecule has 3 nitrogen and oxygen atoms in total. The van der Waals surface area contributed by atoms with Gasteiger partial charge in [-0.05, 0) is 50.1 Å². The number of rotatable bonds is 2. The smallest absolute Gasteiger partial charge is 0.185 e. The summed E-state index contributed by atoms with van der Waals surface area (Å²) in [7, 11) is 0. The molecule has 17 heavy (non-hydrogen) atoms. The van der Waals surface area contributed by atoms with Crippen molar-refractivity contribution >= 4 is 31.9 Å². The highest BCUT2D eigenvalue weighted by Crippen LogP contribution is 2.41. The van der Waals surface area contributed by atoms with Gasteiger partial charge in [0.05, 0.1) is 27.0 Å². The Morgan fingerprint density at radius 2 is 1.76 bits per heavy atom. The van der Waals surface area contributed by atoms with E-state index in [-0.39, 0.29) is 0 Å². The summed E-state index contributed by atoms with van der Waals surface area (Å²) in [5.74, 6) is 2.01.